The lowest BCUT2D eigenvalue weighted by Gasteiger charge is -1.89. The largest absolute Gasteiger partial charge is 0.479 e. The van der Waals surface area contributed by atoms with Crippen molar-refractivity contribution >= 4 is 5.97 Å². The maximum absolute atomic E-state index is 9.55. The zero-order valence-corrected chi connectivity index (χ0v) is 3.88. The van der Waals surface area contributed by atoms with Crippen molar-refractivity contribution in [1.29, 1.82) is 0 Å². The third kappa shape index (κ3) is 5.39. The van der Waals surface area contributed by atoms with Gasteiger partial charge in [0, 0.05) is 0 Å². The van der Waals surface area contributed by atoms with Crippen LogP contribution in [0.4, 0.5) is 0 Å². The first-order valence-electron chi connectivity index (χ1n) is 1.64. The maximum atomic E-state index is 9.55. The highest BCUT2D eigenvalue weighted by Crippen LogP contribution is 1.69. The van der Waals surface area contributed by atoms with Crippen LogP contribution >= 0.6 is 0 Å². The van der Waals surface area contributed by atoms with Gasteiger partial charge in [-0.05, 0) is 0 Å². The Morgan fingerprint density at radius 2 is 2.43 bits per heavy atom. The molecule has 0 radical (unpaired) electrons. The number of hydrogen-bond acceptors (Lipinski definition) is 3. The van der Waals surface area contributed by atoms with E-state index in [0.717, 1.165) is 0 Å². The first-order chi connectivity index (χ1) is 3.27. The molecule has 0 aromatic rings. The van der Waals surface area contributed by atoms with Gasteiger partial charge in [-0.2, -0.15) is 0 Å². The number of hydrogen-bond donors (Lipinski definition) is 1. The van der Waals surface area contributed by atoms with Crippen molar-refractivity contribution in [2.24, 2.45) is 0 Å². The Bertz CT molecular complexity index is 60.0. The van der Waals surface area contributed by atoms with Gasteiger partial charge in [-0.25, -0.2) is 14.6 Å². The Balaban J connectivity index is 2.82. The molecule has 42 valence electrons. The van der Waals surface area contributed by atoms with Crippen molar-refractivity contribution in [3.05, 3.63) is 0 Å². The lowest BCUT2D eigenvalue weighted by atomic mass is 10.8. The lowest BCUT2D eigenvalue weighted by Crippen LogP contribution is -2.05. The highest BCUT2D eigenvalue weighted by Gasteiger charge is 1.92. The molecule has 0 unspecified atom stereocenters. The molecule has 4 nitrogen and oxygen atoms in total. The van der Waals surface area contributed by atoms with E-state index in [1.807, 2.05) is 0 Å². The fourth-order valence-corrected chi connectivity index (χ4v) is 0.109. The predicted molar refractivity (Wildman–Crippen MR) is 20.6 cm³/mol. The van der Waals surface area contributed by atoms with E-state index in [4.69, 9.17) is 5.11 Å². The average Bonchev–Trinajstić information content (AvgIpc) is 1.61. The first kappa shape index (κ1) is 6.39. The molecule has 0 aliphatic rings. The predicted octanol–water partition coefficient (Wildman–Crippen LogP) is -0.351. The molecule has 0 saturated carbocycles. The molecule has 0 heterocycles. The van der Waals surface area contributed by atoms with Crippen molar-refractivity contribution in [2.45, 2.75) is 0 Å². The van der Waals surface area contributed by atoms with Crippen LogP contribution in [0.5, 0.6) is 0 Å². The molecule has 0 aromatic heterocycles. The second kappa shape index (κ2) is 3.58. The van der Waals surface area contributed by atoms with Gasteiger partial charge in [0.05, 0.1) is 7.11 Å². The molecule has 0 atom stereocenters. The number of carboxylic acids is 1. The molecule has 4 heteroatoms. The summed E-state index contributed by atoms with van der Waals surface area (Å²) in [6.07, 6.45) is 0. The Morgan fingerprint density at radius 3 is 2.57 bits per heavy atom. The fourth-order valence-electron chi connectivity index (χ4n) is 0.109. The Kier molecular flexibility index (Phi) is 3.26. The van der Waals surface area contributed by atoms with Gasteiger partial charge in [-0.15, -0.1) is 0 Å². The topological polar surface area (TPSA) is 55.8 Å². The van der Waals surface area contributed by atoms with Crippen LogP contribution in [0.2, 0.25) is 0 Å². The van der Waals surface area contributed by atoms with E-state index in [0.29, 0.717) is 0 Å². The average molecular weight is 106 g/mol. The summed E-state index contributed by atoms with van der Waals surface area (Å²) in [5.41, 5.74) is 0. The quantitative estimate of drug-likeness (QED) is 0.394. The van der Waals surface area contributed by atoms with Crippen molar-refractivity contribution < 1.29 is 19.7 Å². The van der Waals surface area contributed by atoms with Crippen LogP contribution in [0, 0.1) is 0 Å². The number of rotatable bonds is 3. The van der Waals surface area contributed by atoms with Crippen LogP contribution in [-0.2, 0) is 14.6 Å². The molecule has 0 spiro atoms. The van der Waals surface area contributed by atoms with Gasteiger partial charge >= 0.3 is 5.97 Å². The smallest absolute Gasteiger partial charge is 0.333 e. The van der Waals surface area contributed by atoms with Crippen molar-refractivity contribution in [1.82, 2.24) is 0 Å². The summed E-state index contributed by atoms with van der Waals surface area (Å²) in [5, 5.41) is 7.84. The van der Waals surface area contributed by atoms with Crippen LogP contribution in [0.1, 0.15) is 0 Å². The van der Waals surface area contributed by atoms with Crippen LogP contribution in [-0.4, -0.2) is 24.8 Å². The molecule has 0 fully saturated rings. The summed E-state index contributed by atoms with van der Waals surface area (Å²) >= 11 is 0. The van der Waals surface area contributed by atoms with Crippen LogP contribution in [0.25, 0.3) is 0 Å². The normalized spacial score (nSPS) is 8.71. The second-order valence-electron chi connectivity index (χ2n) is 0.823. The molecule has 0 saturated heterocycles. The molecule has 0 bridgehead atoms. The van der Waals surface area contributed by atoms with Gasteiger partial charge in [0.25, 0.3) is 0 Å². The minimum absolute atomic E-state index is 0.406. The van der Waals surface area contributed by atoms with Gasteiger partial charge in [-0.3, -0.25) is 0 Å². The van der Waals surface area contributed by atoms with Gasteiger partial charge in [0.1, 0.15) is 0 Å². The van der Waals surface area contributed by atoms with Crippen molar-refractivity contribution in [2.75, 3.05) is 13.7 Å². The summed E-state index contributed by atoms with van der Waals surface area (Å²) < 4.78 is 0. The Morgan fingerprint density at radius 1 is 1.86 bits per heavy atom. The van der Waals surface area contributed by atoms with Crippen LogP contribution < -0.4 is 0 Å². The Hall–Kier alpha value is -0.610. The van der Waals surface area contributed by atoms with E-state index >= 15 is 0 Å². The van der Waals surface area contributed by atoms with E-state index in [2.05, 4.69) is 9.78 Å². The van der Waals surface area contributed by atoms with Gasteiger partial charge in [0.2, 0.25) is 0 Å². The summed E-state index contributed by atoms with van der Waals surface area (Å²) in [6.45, 7) is -0.406. The molecule has 0 rings (SSSR count). The summed E-state index contributed by atoms with van der Waals surface area (Å²) in [7, 11) is 1.25. The highest BCUT2D eigenvalue weighted by molar-refractivity contribution is 5.67. The zero-order chi connectivity index (χ0) is 5.70. The van der Waals surface area contributed by atoms with Crippen LogP contribution in [0.3, 0.4) is 0 Å². The Labute approximate surface area is 40.6 Å². The third-order valence-corrected chi connectivity index (χ3v) is 0.300. The van der Waals surface area contributed by atoms with Crippen LogP contribution in [0.15, 0.2) is 0 Å². The van der Waals surface area contributed by atoms with Gasteiger partial charge in [0.15, 0.2) is 6.61 Å². The summed E-state index contributed by atoms with van der Waals surface area (Å²) in [4.78, 5) is 17.5. The highest BCUT2D eigenvalue weighted by atomic mass is 17.2. The minimum Gasteiger partial charge on any atom is -0.479 e. The molecule has 0 aliphatic heterocycles. The SMILES string of the molecule is COOCC(=O)O. The van der Waals surface area contributed by atoms with Crippen molar-refractivity contribution in [3.8, 4) is 0 Å². The molecular weight excluding hydrogens is 100 g/mol. The first-order valence-corrected chi connectivity index (χ1v) is 1.64. The zero-order valence-electron chi connectivity index (χ0n) is 3.88. The fraction of sp³-hybridized carbons (Fsp3) is 0.667. The maximum Gasteiger partial charge on any atom is 0.333 e. The number of carboxylic acid groups (broad SMARTS) is 1. The van der Waals surface area contributed by atoms with E-state index in [1.54, 1.807) is 0 Å². The molecule has 7 heavy (non-hydrogen) atoms. The number of aliphatic carboxylic acids is 1. The molecule has 0 aliphatic carbocycles. The molecule has 0 aromatic carbocycles. The van der Waals surface area contributed by atoms with E-state index in [9.17, 15) is 4.79 Å². The molecule has 0 amide bonds. The molecule has 1 N–H and O–H groups in total. The summed E-state index contributed by atoms with van der Waals surface area (Å²) in [5.74, 6) is -1.04. The van der Waals surface area contributed by atoms with E-state index in [-0.39, 0.29) is 0 Å². The van der Waals surface area contributed by atoms with Crippen molar-refractivity contribution in [3.63, 3.8) is 0 Å². The standard InChI is InChI=1S/C3H6O4/c1-6-7-2-3(4)5/h2H2,1H3,(H,4,5). The summed E-state index contributed by atoms with van der Waals surface area (Å²) in [6, 6.07) is 0. The minimum atomic E-state index is -1.04. The van der Waals surface area contributed by atoms with E-state index in [1.165, 1.54) is 7.11 Å². The lowest BCUT2D eigenvalue weighted by molar-refractivity contribution is -0.270. The number of carbonyl (C=O) groups is 1. The van der Waals surface area contributed by atoms with Gasteiger partial charge in [-0.1, -0.05) is 0 Å². The molecular formula is C3H6O4. The third-order valence-electron chi connectivity index (χ3n) is 0.300. The van der Waals surface area contributed by atoms with E-state index < -0.39 is 12.6 Å². The second-order valence-corrected chi connectivity index (χ2v) is 0.823. The van der Waals surface area contributed by atoms with Gasteiger partial charge < -0.3 is 5.11 Å². The monoisotopic (exact) mass is 106 g/mol.